The minimum Gasteiger partial charge on any atom is -0.486 e. The molecule has 82 valence electrons. The highest BCUT2D eigenvalue weighted by molar-refractivity contribution is 5.49. The van der Waals surface area contributed by atoms with Crippen LogP contribution in [0.15, 0.2) is 12.1 Å². The highest BCUT2D eigenvalue weighted by Gasteiger charge is 2.14. The Morgan fingerprint density at radius 1 is 1.33 bits per heavy atom. The summed E-state index contributed by atoms with van der Waals surface area (Å²) < 4.78 is 11.1. The highest BCUT2D eigenvalue weighted by atomic mass is 16.6. The predicted molar refractivity (Wildman–Crippen MR) is 56.0 cm³/mol. The molecule has 1 heterocycles. The second kappa shape index (κ2) is 4.51. The smallest absolute Gasteiger partial charge is 0.164 e. The average molecular weight is 209 g/mol. The molecule has 0 aromatic heterocycles. The first-order chi connectivity index (χ1) is 7.31. The molecule has 0 unspecified atom stereocenters. The zero-order chi connectivity index (χ0) is 10.7. The van der Waals surface area contributed by atoms with Gasteiger partial charge < -0.3 is 14.3 Å². The van der Waals surface area contributed by atoms with Crippen LogP contribution in [0.5, 0.6) is 11.5 Å². The largest absolute Gasteiger partial charge is 0.486 e. The molecule has 1 aromatic rings. The fourth-order valence-corrected chi connectivity index (χ4v) is 1.66. The molecule has 1 aromatic carbocycles. The molecule has 0 atom stereocenters. The number of rotatable bonds is 3. The molecule has 0 fully saturated rings. The number of benzene rings is 1. The summed E-state index contributed by atoms with van der Waals surface area (Å²) in [4.78, 5) is 4.81. The van der Waals surface area contributed by atoms with Gasteiger partial charge in [0, 0.05) is 6.54 Å². The molecule has 15 heavy (non-hydrogen) atoms. The Labute approximate surface area is 89.1 Å². The van der Waals surface area contributed by atoms with Crippen molar-refractivity contribution in [3.8, 4) is 11.5 Å². The molecule has 0 aliphatic carbocycles. The van der Waals surface area contributed by atoms with Crippen LogP contribution in [0.3, 0.4) is 0 Å². The molecule has 0 bridgehead atoms. The third-order valence-corrected chi connectivity index (χ3v) is 2.31. The lowest BCUT2D eigenvalue weighted by atomic mass is 10.1. The second-order valence-corrected chi connectivity index (χ2v) is 3.46. The first-order valence-electron chi connectivity index (χ1n) is 4.96. The van der Waals surface area contributed by atoms with Gasteiger partial charge in [-0.3, -0.25) is 0 Å². The zero-order valence-corrected chi connectivity index (χ0v) is 9.00. The molecule has 0 amide bonds. The number of nitrogens with one attached hydrogen (secondary N) is 1. The Balaban J connectivity index is 2.24. The summed E-state index contributed by atoms with van der Waals surface area (Å²) in [6, 6.07) is 4.05. The zero-order valence-electron chi connectivity index (χ0n) is 9.00. The summed E-state index contributed by atoms with van der Waals surface area (Å²) in [5.74, 6) is 1.69. The lowest BCUT2D eigenvalue weighted by molar-refractivity contribution is 0.0865. The fraction of sp³-hybridized carbons (Fsp3) is 0.455. The summed E-state index contributed by atoms with van der Waals surface area (Å²) in [5.41, 5.74) is 5.02. The number of ether oxygens (including phenoxy) is 2. The van der Waals surface area contributed by atoms with Gasteiger partial charge in [-0.15, -0.1) is 0 Å². The Morgan fingerprint density at radius 3 is 2.93 bits per heavy atom. The van der Waals surface area contributed by atoms with Crippen molar-refractivity contribution in [3.05, 3.63) is 23.3 Å². The topological polar surface area (TPSA) is 39.7 Å². The maximum atomic E-state index is 5.54. The van der Waals surface area contributed by atoms with Crippen LogP contribution in [0, 0.1) is 6.92 Å². The number of aryl methyl sites for hydroxylation is 1. The third kappa shape index (κ3) is 2.22. The lowest BCUT2D eigenvalue weighted by Gasteiger charge is -2.21. The Kier molecular flexibility index (Phi) is 3.08. The summed E-state index contributed by atoms with van der Waals surface area (Å²) in [6.07, 6.45) is 0. The second-order valence-electron chi connectivity index (χ2n) is 3.46. The van der Waals surface area contributed by atoms with Crippen molar-refractivity contribution in [1.29, 1.82) is 0 Å². The van der Waals surface area contributed by atoms with Crippen molar-refractivity contribution in [1.82, 2.24) is 5.48 Å². The molecule has 4 heteroatoms. The van der Waals surface area contributed by atoms with Gasteiger partial charge in [-0.1, -0.05) is 6.07 Å². The van der Waals surface area contributed by atoms with E-state index in [0.29, 0.717) is 19.8 Å². The van der Waals surface area contributed by atoms with E-state index in [1.807, 2.05) is 13.0 Å². The van der Waals surface area contributed by atoms with Gasteiger partial charge in [0.25, 0.3) is 0 Å². The molecule has 0 saturated heterocycles. The van der Waals surface area contributed by atoms with E-state index < -0.39 is 0 Å². The van der Waals surface area contributed by atoms with Gasteiger partial charge in [0.05, 0.1) is 7.11 Å². The number of fused-ring (bicyclic) bond motifs is 1. The van der Waals surface area contributed by atoms with E-state index in [2.05, 4.69) is 11.5 Å². The number of hydroxylamine groups is 1. The SMILES string of the molecule is CONCc1cc(C)c2c(c1)OCCO2. The van der Waals surface area contributed by atoms with Crippen molar-refractivity contribution in [3.63, 3.8) is 0 Å². The van der Waals surface area contributed by atoms with Crippen LogP contribution in [0.1, 0.15) is 11.1 Å². The van der Waals surface area contributed by atoms with Crippen LogP contribution in [-0.4, -0.2) is 20.3 Å². The molecule has 4 nitrogen and oxygen atoms in total. The molecule has 1 aliphatic rings. The minimum absolute atomic E-state index is 0.619. The monoisotopic (exact) mass is 209 g/mol. The summed E-state index contributed by atoms with van der Waals surface area (Å²) in [5, 5.41) is 0. The Hall–Kier alpha value is -1.26. The maximum Gasteiger partial charge on any atom is 0.164 e. The molecule has 1 N–H and O–H groups in total. The predicted octanol–water partition coefficient (Wildman–Crippen LogP) is 1.42. The van der Waals surface area contributed by atoms with Crippen LogP contribution >= 0.6 is 0 Å². The van der Waals surface area contributed by atoms with Crippen molar-refractivity contribution < 1.29 is 14.3 Å². The van der Waals surface area contributed by atoms with Gasteiger partial charge in [-0.05, 0) is 24.1 Å². The van der Waals surface area contributed by atoms with Crippen LogP contribution in [0.4, 0.5) is 0 Å². The molecule has 2 rings (SSSR count). The van der Waals surface area contributed by atoms with E-state index in [4.69, 9.17) is 14.3 Å². The van der Waals surface area contributed by atoms with Crippen LogP contribution in [0.25, 0.3) is 0 Å². The van der Waals surface area contributed by atoms with E-state index in [1.165, 1.54) is 0 Å². The van der Waals surface area contributed by atoms with Crippen LogP contribution in [0.2, 0.25) is 0 Å². The first-order valence-corrected chi connectivity index (χ1v) is 4.96. The van der Waals surface area contributed by atoms with E-state index in [-0.39, 0.29) is 0 Å². The first kappa shape index (κ1) is 10.3. The molecule has 0 spiro atoms. The van der Waals surface area contributed by atoms with Crippen molar-refractivity contribution >= 4 is 0 Å². The van der Waals surface area contributed by atoms with Gasteiger partial charge in [-0.25, -0.2) is 0 Å². The quantitative estimate of drug-likeness (QED) is 0.764. The maximum absolute atomic E-state index is 5.54. The molecule has 1 aliphatic heterocycles. The Bertz CT molecular complexity index is 352. The van der Waals surface area contributed by atoms with Gasteiger partial charge in [0.15, 0.2) is 11.5 Å². The third-order valence-electron chi connectivity index (χ3n) is 2.31. The standard InChI is InChI=1S/C11H15NO3/c1-8-5-9(7-12-13-2)6-10-11(8)15-4-3-14-10/h5-6,12H,3-4,7H2,1-2H3. The molecule has 0 saturated carbocycles. The summed E-state index contributed by atoms with van der Waals surface area (Å²) >= 11 is 0. The fourth-order valence-electron chi connectivity index (χ4n) is 1.66. The number of hydrogen-bond donors (Lipinski definition) is 1. The molecular formula is C11H15NO3. The molecular weight excluding hydrogens is 194 g/mol. The summed E-state index contributed by atoms with van der Waals surface area (Å²) in [6.45, 7) is 3.93. The van der Waals surface area contributed by atoms with Gasteiger partial charge in [0.2, 0.25) is 0 Å². The Morgan fingerprint density at radius 2 is 2.13 bits per heavy atom. The van der Waals surface area contributed by atoms with E-state index in [9.17, 15) is 0 Å². The number of hydrogen-bond acceptors (Lipinski definition) is 4. The van der Waals surface area contributed by atoms with Crippen LogP contribution in [-0.2, 0) is 11.4 Å². The molecule has 0 radical (unpaired) electrons. The highest BCUT2D eigenvalue weighted by Crippen LogP contribution is 2.34. The normalized spacial score (nSPS) is 14.0. The lowest BCUT2D eigenvalue weighted by Crippen LogP contribution is -2.17. The van der Waals surface area contributed by atoms with Crippen molar-refractivity contribution in [2.45, 2.75) is 13.5 Å². The van der Waals surface area contributed by atoms with Gasteiger partial charge in [-0.2, -0.15) is 5.48 Å². The van der Waals surface area contributed by atoms with Crippen LogP contribution < -0.4 is 15.0 Å². The average Bonchev–Trinajstić information content (AvgIpc) is 2.26. The van der Waals surface area contributed by atoms with Crippen molar-refractivity contribution in [2.24, 2.45) is 0 Å². The summed E-state index contributed by atoms with van der Waals surface area (Å²) in [7, 11) is 1.60. The van der Waals surface area contributed by atoms with Gasteiger partial charge in [0.1, 0.15) is 13.2 Å². The van der Waals surface area contributed by atoms with E-state index >= 15 is 0 Å². The van der Waals surface area contributed by atoms with Gasteiger partial charge >= 0.3 is 0 Å². The van der Waals surface area contributed by atoms with E-state index in [1.54, 1.807) is 7.11 Å². The van der Waals surface area contributed by atoms with Crippen molar-refractivity contribution in [2.75, 3.05) is 20.3 Å². The van der Waals surface area contributed by atoms with E-state index in [0.717, 1.165) is 22.6 Å². The minimum atomic E-state index is 0.619.